The first-order valence-corrected chi connectivity index (χ1v) is 11.5. The third-order valence-corrected chi connectivity index (χ3v) is 6.03. The van der Waals surface area contributed by atoms with Crippen LogP contribution < -0.4 is 4.74 Å². The summed E-state index contributed by atoms with van der Waals surface area (Å²) in [5.74, 6) is 0.721. The third-order valence-electron chi connectivity index (χ3n) is 4.85. The van der Waals surface area contributed by atoms with Crippen LogP contribution in [0.25, 0.3) is 10.8 Å². The molecule has 0 aliphatic heterocycles. The molecule has 0 aliphatic rings. The smallest absolute Gasteiger partial charge is 0.148 e. The van der Waals surface area contributed by atoms with Gasteiger partial charge < -0.3 is 9.57 Å². The Balaban J connectivity index is 1.40. The van der Waals surface area contributed by atoms with E-state index >= 15 is 0 Å². The lowest BCUT2D eigenvalue weighted by atomic mass is 10.1. The maximum absolute atomic E-state index is 9.14. The Morgan fingerprint density at radius 1 is 0.844 bits per heavy atom. The first kappa shape index (κ1) is 22.1. The summed E-state index contributed by atoms with van der Waals surface area (Å²) in [6.45, 7) is 0.687. The van der Waals surface area contributed by atoms with E-state index in [1.54, 1.807) is 12.3 Å². The summed E-state index contributed by atoms with van der Waals surface area (Å²) in [7, 11) is 0. The van der Waals surface area contributed by atoms with Crippen molar-refractivity contribution in [2.45, 2.75) is 13.2 Å². The number of nitrogens with zero attached hydrogens (tertiary/aromatic N) is 2. The summed E-state index contributed by atoms with van der Waals surface area (Å²) in [5.41, 5.74) is 3.32. The number of halogens is 2. The van der Waals surface area contributed by atoms with Crippen LogP contribution in [0.4, 0.5) is 0 Å². The van der Waals surface area contributed by atoms with Gasteiger partial charge in [-0.2, -0.15) is 5.26 Å². The largest absolute Gasteiger partial charge is 0.487 e. The highest BCUT2D eigenvalue weighted by Gasteiger charge is 2.09. The van der Waals surface area contributed by atoms with E-state index in [4.69, 9.17) is 14.8 Å². The molecule has 0 heterocycles. The van der Waals surface area contributed by atoms with Crippen molar-refractivity contribution in [3.8, 4) is 11.8 Å². The molecule has 4 nitrogen and oxygen atoms in total. The van der Waals surface area contributed by atoms with Gasteiger partial charge in [0.2, 0.25) is 0 Å². The number of oxime groups is 1. The van der Waals surface area contributed by atoms with Gasteiger partial charge >= 0.3 is 0 Å². The lowest BCUT2D eigenvalue weighted by Crippen LogP contribution is -1.98. The first-order valence-electron chi connectivity index (χ1n) is 9.87. The number of ether oxygens (including phenoxy) is 1. The molecule has 0 amide bonds. The van der Waals surface area contributed by atoms with Gasteiger partial charge in [0, 0.05) is 5.56 Å². The minimum Gasteiger partial charge on any atom is -0.487 e. The maximum Gasteiger partial charge on any atom is 0.148 e. The van der Waals surface area contributed by atoms with Crippen LogP contribution >= 0.6 is 31.9 Å². The molecule has 158 valence electrons. The fourth-order valence-corrected chi connectivity index (χ4v) is 4.69. The van der Waals surface area contributed by atoms with Gasteiger partial charge in [-0.25, -0.2) is 0 Å². The fourth-order valence-electron chi connectivity index (χ4n) is 3.24. The second kappa shape index (κ2) is 10.4. The Morgan fingerprint density at radius 3 is 2.34 bits per heavy atom. The van der Waals surface area contributed by atoms with Crippen LogP contribution in [0, 0.1) is 11.3 Å². The number of fused-ring (bicyclic) bond motifs is 1. The highest BCUT2D eigenvalue weighted by molar-refractivity contribution is 9.11. The van der Waals surface area contributed by atoms with Gasteiger partial charge in [-0.3, -0.25) is 0 Å². The molecule has 0 saturated heterocycles. The lowest BCUT2D eigenvalue weighted by molar-refractivity contribution is 0.132. The molecule has 0 saturated carbocycles. The molecule has 0 N–H and O–H groups in total. The summed E-state index contributed by atoms with van der Waals surface area (Å²) in [6.07, 6.45) is 1.62. The summed E-state index contributed by atoms with van der Waals surface area (Å²) < 4.78 is 7.68. The molecule has 0 bridgehead atoms. The van der Waals surface area contributed by atoms with E-state index in [0.29, 0.717) is 12.2 Å². The normalized spacial score (nSPS) is 10.9. The molecule has 4 rings (SSSR count). The van der Waals surface area contributed by atoms with Crippen molar-refractivity contribution < 1.29 is 9.57 Å². The first-order chi connectivity index (χ1) is 15.6. The van der Waals surface area contributed by atoms with E-state index in [2.05, 4.69) is 73.4 Å². The van der Waals surface area contributed by atoms with Crippen molar-refractivity contribution >= 4 is 48.8 Å². The Bertz CT molecular complexity index is 1310. The van der Waals surface area contributed by atoms with E-state index in [1.807, 2.05) is 42.5 Å². The highest BCUT2D eigenvalue weighted by atomic mass is 79.9. The second-order valence-electron chi connectivity index (χ2n) is 7.06. The number of hydrogen-bond acceptors (Lipinski definition) is 4. The fraction of sp³-hybridized carbons (Fsp3) is 0.0769. The predicted molar refractivity (Wildman–Crippen MR) is 134 cm³/mol. The molecular formula is C26H18Br2N2O2. The van der Waals surface area contributed by atoms with E-state index < -0.39 is 0 Å². The molecule has 4 aromatic carbocycles. The van der Waals surface area contributed by atoms with Gasteiger partial charge in [-0.05, 0) is 78.0 Å². The van der Waals surface area contributed by atoms with Crippen LogP contribution in [-0.4, -0.2) is 6.21 Å². The van der Waals surface area contributed by atoms with Crippen molar-refractivity contribution in [3.05, 3.63) is 110 Å². The molecule has 0 unspecified atom stereocenters. The van der Waals surface area contributed by atoms with E-state index in [-0.39, 0.29) is 6.61 Å². The van der Waals surface area contributed by atoms with Crippen LogP contribution in [-0.2, 0) is 18.1 Å². The topological polar surface area (TPSA) is 54.6 Å². The van der Waals surface area contributed by atoms with E-state index in [1.165, 1.54) is 10.8 Å². The van der Waals surface area contributed by atoms with Gasteiger partial charge in [-0.1, -0.05) is 59.8 Å². The quantitative estimate of drug-likeness (QED) is 0.179. The molecule has 0 radical (unpaired) electrons. The minimum absolute atomic E-state index is 0.232. The van der Waals surface area contributed by atoms with Gasteiger partial charge in [0.05, 0.1) is 26.8 Å². The van der Waals surface area contributed by atoms with Crippen LogP contribution in [0.2, 0.25) is 0 Å². The zero-order chi connectivity index (χ0) is 22.3. The van der Waals surface area contributed by atoms with Crippen molar-refractivity contribution in [2.75, 3.05) is 0 Å². The maximum atomic E-state index is 9.14. The summed E-state index contributed by atoms with van der Waals surface area (Å²) in [6, 6.07) is 27.9. The van der Waals surface area contributed by atoms with E-state index in [0.717, 1.165) is 31.4 Å². The minimum atomic E-state index is 0.232. The van der Waals surface area contributed by atoms with Gasteiger partial charge in [0.15, 0.2) is 0 Å². The zero-order valence-electron chi connectivity index (χ0n) is 17.0. The molecule has 0 fully saturated rings. The summed E-state index contributed by atoms with van der Waals surface area (Å²) >= 11 is 7.16. The molecule has 0 aromatic heterocycles. The monoisotopic (exact) mass is 548 g/mol. The van der Waals surface area contributed by atoms with Crippen molar-refractivity contribution in [2.24, 2.45) is 5.16 Å². The molecule has 4 aromatic rings. The second-order valence-corrected chi connectivity index (χ2v) is 8.77. The third kappa shape index (κ3) is 5.37. The summed E-state index contributed by atoms with van der Waals surface area (Å²) in [5, 5.41) is 15.6. The Labute approximate surface area is 203 Å². The van der Waals surface area contributed by atoms with Gasteiger partial charge in [0.25, 0.3) is 0 Å². The molecule has 0 aliphatic carbocycles. The van der Waals surface area contributed by atoms with Crippen LogP contribution in [0.3, 0.4) is 0 Å². The van der Waals surface area contributed by atoms with Crippen molar-refractivity contribution in [1.82, 2.24) is 0 Å². The molecule has 32 heavy (non-hydrogen) atoms. The Morgan fingerprint density at radius 2 is 1.56 bits per heavy atom. The zero-order valence-corrected chi connectivity index (χ0v) is 20.1. The summed E-state index contributed by atoms with van der Waals surface area (Å²) in [4.78, 5) is 5.37. The number of hydrogen-bond donors (Lipinski definition) is 0. The van der Waals surface area contributed by atoms with Gasteiger partial charge in [-0.15, -0.1) is 0 Å². The SMILES string of the molecule is N#Cc1ccccc1CO/N=C\c1cc(Br)c(OCc2ccc3ccccc3c2)c(Br)c1. The van der Waals surface area contributed by atoms with Crippen molar-refractivity contribution in [1.29, 1.82) is 5.26 Å². The number of benzene rings is 4. The molecule has 0 atom stereocenters. The number of nitriles is 1. The number of rotatable bonds is 7. The standard InChI is InChI=1S/C26H18Br2N2O2/c27-24-12-19(15-30-32-17-23-8-4-3-7-22(23)14-29)13-25(28)26(24)31-16-18-9-10-20-5-1-2-6-21(20)11-18/h1-13,15H,16-17H2/b30-15-. The average molecular weight is 550 g/mol. The average Bonchev–Trinajstić information content (AvgIpc) is 2.81. The van der Waals surface area contributed by atoms with Crippen molar-refractivity contribution in [3.63, 3.8) is 0 Å². The predicted octanol–water partition coefficient (Wildman–Crippen LogP) is 7.37. The van der Waals surface area contributed by atoms with Gasteiger partial charge in [0.1, 0.15) is 19.0 Å². The highest BCUT2D eigenvalue weighted by Crippen LogP contribution is 2.35. The Kier molecular flexibility index (Phi) is 7.21. The Hall–Kier alpha value is -3.14. The van der Waals surface area contributed by atoms with Crippen LogP contribution in [0.5, 0.6) is 5.75 Å². The van der Waals surface area contributed by atoms with E-state index in [9.17, 15) is 0 Å². The molecule has 6 heteroatoms. The molecular weight excluding hydrogens is 532 g/mol. The van der Waals surface area contributed by atoms with Crippen LogP contribution in [0.1, 0.15) is 22.3 Å². The van der Waals surface area contributed by atoms with Crippen LogP contribution in [0.15, 0.2) is 93.0 Å². The lowest BCUT2D eigenvalue weighted by Gasteiger charge is -2.12. The molecule has 0 spiro atoms.